The van der Waals surface area contributed by atoms with Gasteiger partial charge in [-0.25, -0.2) is 10.9 Å². The normalized spacial score (nSPS) is 13.2. The number of Topliss-reactive ketones (excluding diaryl/α,β-unsaturated/α-hetero) is 1. The number of carboxylic acids is 3. The summed E-state index contributed by atoms with van der Waals surface area (Å²) in [4.78, 5) is 154. The van der Waals surface area contributed by atoms with E-state index in [0.717, 1.165) is 16.8 Å². The van der Waals surface area contributed by atoms with Gasteiger partial charge in [-0.1, -0.05) is 59.2 Å². The van der Waals surface area contributed by atoms with E-state index in [1.165, 1.54) is 12.1 Å². The van der Waals surface area contributed by atoms with Gasteiger partial charge in [0.15, 0.2) is 0 Å². The van der Waals surface area contributed by atoms with E-state index in [0.29, 0.717) is 17.7 Å². The average molecular weight is 905 g/mol. The summed E-state index contributed by atoms with van der Waals surface area (Å²) >= 11 is 0. The maximum absolute atomic E-state index is 14.6. The summed E-state index contributed by atoms with van der Waals surface area (Å²) in [5, 5.41) is 36.1. The van der Waals surface area contributed by atoms with E-state index in [-0.39, 0.29) is 37.8 Å². The van der Waals surface area contributed by atoms with Gasteiger partial charge in [-0.05, 0) is 43.2 Å². The molecule has 0 heterocycles. The van der Waals surface area contributed by atoms with Crippen molar-refractivity contribution in [3.63, 3.8) is 0 Å². The average Bonchev–Trinajstić information content (AvgIpc) is 3.23. The second-order valence-electron chi connectivity index (χ2n) is 15.3. The van der Waals surface area contributed by atoms with Crippen LogP contribution in [0.15, 0.2) is 30.3 Å². The second kappa shape index (κ2) is 28.1. The number of aliphatic carboxylic acids is 3. The molecule has 1 aromatic rings. The van der Waals surface area contributed by atoms with E-state index in [1.54, 1.807) is 52.8 Å². The van der Waals surface area contributed by atoms with Gasteiger partial charge in [0, 0.05) is 38.4 Å². The van der Waals surface area contributed by atoms with E-state index in [4.69, 9.17) is 5.11 Å². The Hall–Kier alpha value is -6.62. The van der Waals surface area contributed by atoms with Crippen molar-refractivity contribution in [1.29, 1.82) is 0 Å². The van der Waals surface area contributed by atoms with Crippen LogP contribution in [0.4, 0.5) is 0 Å². The van der Waals surface area contributed by atoms with E-state index < -0.39 is 134 Å². The van der Waals surface area contributed by atoms with Crippen molar-refractivity contribution >= 4 is 71.7 Å². The summed E-state index contributed by atoms with van der Waals surface area (Å²) in [7, 11) is 0. The first kappa shape index (κ1) is 55.4. The highest BCUT2D eigenvalue weighted by Gasteiger charge is 2.39. The molecular formula is C41H60N8O15. The zero-order chi connectivity index (χ0) is 48.7. The van der Waals surface area contributed by atoms with Crippen LogP contribution in [0.25, 0.3) is 0 Å². The molecule has 0 saturated carbocycles. The zero-order valence-electron chi connectivity index (χ0n) is 36.7. The number of ketones is 1. The molecule has 0 spiro atoms. The summed E-state index contributed by atoms with van der Waals surface area (Å²) in [6, 6.07) is 0.633. The molecule has 0 radical (unpaired) electrons. The smallest absolute Gasteiger partial charge is 0.322 e. The molecule has 23 nitrogen and oxygen atoms in total. The molecule has 0 aromatic heterocycles. The second-order valence-corrected chi connectivity index (χ2v) is 15.3. The molecule has 0 aliphatic rings. The Morgan fingerprint density at radius 2 is 1.31 bits per heavy atom. The van der Waals surface area contributed by atoms with Gasteiger partial charge in [-0.2, -0.15) is 0 Å². The summed E-state index contributed by atoms with van der Waals surface area (Å²) in [5.41, 5.74) is 5.61. The predicted octanol–water partition coefficient (Wildman–Crippen LogP) is -1.10. The minimum absolute atomic E-state index is 0.0486. The van der Waals surface area contributed by atoms with Gasteiger partial charge >= 0.3 is 17.9 Å². The highest BCUT2D eigenvalue weighted by Crippen LogP contribution is 2.17. The van der Waals surface area contributed by atoms with Crippen molar-refractivity contribution in [2.45, 2.75) is 110 Å². The fourth-order valence-electron chi connectivity index (χ4n) is 6.08. The molecular weight excluding hydrogens is 844 g/mol. The molecule has 1 unspecified atom stereocenters. The number of hydrogen-bond acceptors (Lipinski definition) is 14. The molecule has 23 heteroatoms. The first-order valence-corrected chi connectivity index (χ1v) is 20.5. The minimum atomic E-state index is -1.68. The first-order valence-electron chi connectivity index (χ1n) is 20.5. The molecule has 1 rings (SSSR count). The Labute approximate surface area is 369 Å². The Morgan fingerprint density at radius 3 is 1.81 bits per heavy atom. The number of hydrogen-bond donors (Lipinski definition) is 8. The molecule has 0 bridgehead atoms. The number of carbonyl (C=O) groups is 12. The van der Waals surface area contributed by atoms with Crippen LogP contribution in [0.2, 0.25) is 0 Å². The fourth-order valence-corrected chi connectivity index (χ4v) is 6.08. The largest absolute Gasteiger partial charge is 0.481 e. The van der Waals surface area contributed by atoms with Gasteiger partial charge in [0.2, 0.25) is 23.5 Å². The molecule has 0 aliphatic heterocycles. The molecule has 0 fully saturated rings. The van der Waals surface area contributed by atoms with Crippen LogP contribution in [-0.4, -0.2) is 158 Å². The third kappa shape index (κ3) is 18.8. The maximum Gasteiger partial charge on any atom is 0.322 e. The number of amides is 6. The number of rotatable bonds is 31. The zero-order valence-corrected chi connectivity index (χ0v) is 36.7. The Bertz CT molecular complexity index is 1830. The number of nitrogens with zero attached hydrogens (tertiary/aromatic N) is 3. The molecule has 5 atom stereocenters. The Morgan fingerprint density at radius 1 is 0.703 bits per heavy atom. The molecule has 0 aliphatic carbocycles. The van der Waals surface area contributed by atoms with Crippen LogP contribution < -0.4 is 26.8 Å². The van der Waals surface area contributed by atoms with Crippen LogP contribution in [0, 0.1) is 11.8 Å². The van der Waals surface area contributed by atoms with Crippen molar-refractivity contribution in [3.05, 3.63) is 35.9 Å². The van der Waals surface area contributed by atoms with Crippen molar-refractivity contribution in [2.75, 3.05) is 26.2 Å². The Kier molecular flexibility index (Phi) is 24.4. The topological polar surface area (TPSA) is 335 Å². The van der Waals surface area contributed by atoms with Crippen LogP contribution in [0.5, 0.6) is 0 Å². The number of nitrogens with one attached hydrogen (secondary N) is 5. The summed E-state index contributed by atoms with van der Waals surface area (Å²) < 4.78 is 0. The van der Waals surface area contributed by atoms with Gasteiger partial charge in [0.05, 0.1) is 12.6 Å². The molecule has 6 amide bonds. The minimum Gasteiger partial charge on any atom is -0.481 e. The number of benzene rings is 1. The third-order valence-corrected chi connectivity index (χ3v) is 9.49. The maximum atomic E-state index is 14.6. The number of carboxylic acid groups (broad SMARTS) is 3. The third-order valence-electron chi connectivity index (χ3n) is 9.49. The van der Waals surface area contributed by atoms with Gasteiger partial charge in [0.25, 0.3) is 17.7 Å². The number of carbonyl (C=O) groups excluding carboxylic acids is 9. The van der Waals surface area contributed by atoms with Gasteiger partial charge < -0.3 is 45.8 Å². The Balaban J connectivity index is 3.76. The predicted molar refractivity (Wildman–Crippen MR) is 224 cm³/mol. The van der Waals surface area contributed by atoms with E-state index >= 15 is 0 Å². The monoisotopic (exact) mass is 904 g/mol. The van der Waals surface area contributed by atoms with E-state index in [9.17, 15) is 67.7 Å². The quantitative estimate of drug-likeness (QED) is 0.0249. The number of aldehydes is 2. The van der Waals surface area contributed by atoms with E-state index in [2.05, 4.69) is 21.5 Å². The lowest BCUT2D eigenvalue weighted by Gasteiger charge is -2.40. The van der Waals surface area contributed by atoms with E-state index in [1.807, 2.05) is 5.32 Å². The molecule has 64 heavy (non-hydrogen) atoms. The van der Waals surface area contributed by atoms with Crippen LogP contribution in [0.1, 0.15) is 90.4 Å². The lowest BCUT2D eigenvalue weighted by molar-refractivity contribution is -0.154. The summed E-state index contributed by atoms with van der Waals surface area (Å²) in [5.74, 6) is -12.2. The SMILES string of the molecule is CCCC(NC(=O)CN(CCNC(=O)c1ccccc1)C(=O)[C@@H](NN(C(=O)[C@H](CCC(=O)O)NN(C(C)=O)[C@H](C=O)CCC(=O)O)[C@H](C=O)C(C)C)C(C)C)C(=O)C(=O)NCC(=O)O. The summed E-state index contributed by atoms with van der Waals surface area (Å²) in [6.07, 6.45) is -1.27. The number of hydrazine groups is 2. The van der Waals surface area contributed by atoms with Crippen LogP contribution >= 0.6 is 0 Å². The summed E-state index contributed by atoms with van der Waals surface area (Å²) in [6.45, 7) is 6.66. The van der Waals surface area contributed by atoms with Gasteiger partial charge in [-0.3, -0.25) is 58.0 Å². The van der Waals surface area contributed by atoms with Gasteiger partial charge in [0.1, 0.15) is 43.3 Å². The van der Waals surface area contributed by atoms with Crippen molar-refractivity contribution in [1.82, 2.24) is 41.7 Å². The molecule has 0 saturated heterocycles. The van der Waals surface area contributed by atoms with Crippen LogP contribution in [0.3, 0.4) is 0 Å². The van der Waals surface area contributed by atoms with Crippen LogP contribution in [-0.2, 0) is 52.7 Å². The first-order chi connectivity index (χ1) is 30.1. The fraction of sp³-hybridized carbons (Fsp3) is 0.561. The molecule has 8 N–H and O–H groups in total. The standard InChI is InChI=1S/C41H60N8O15/c1-7-11-29(37(60)39(62)43-20-35(58)59)44-32(53)21-47(19-18-42-38(61)27-12-9-8-10-13-27)41(64)36(25(4)5)46-49(31(23-51)24(2)3)40(63)30(15-17-34(56)57)45-48(26(6)52)28(22-50)14-16-33(54)55/h8-10,12-13,22-25,28-31,36,45-46H,7,11,14-21H2,1-6H3,(H,42,61)(H,43,62)(H,44,53)(H,54,55)(H,56,57)(H,58,59)/t28-,29?,30-,31+,36-/m0/s1. The lowest BCUT2D eigenvalue weighted by Crippen LogP contribution is -2.66. The highest BCUT2D eigenvalue weighted by atomic mass is 16.4. The lowest BCUT2D eigenvalue weighted by atomic mass is 10.0. The van der Waals surface area contributed by atoms with Gasteiger partial charge in [-0.15, -0.1) is 0 Å². The molecule has 354 valence electrons. The van der Waals surface area contributed by atoms with Crippen molar-refractivity contribution in [2.24, 2.45) is 11.8 Å². The van der Waals surface area contributed by atoms with Crippen molar-refractivity contribution in [3.8, 4) is 0 Å². The van der Waals surface area contributed by atoms with Crippen molar-refractivity contribution < 1.29 is 72.9 Å². The highest BCUT2D eigenvalue weighted by molar-refractivity contribution is 6.38. The molecule has 1 aromatic carbocycles.